The molecule has 1 aromatic heterocycles. The average molecular weight is 489 g/mol. The highest BCUT2D eigenvalue weighted by Gasteiger charge is 2.22. The van der Waals surface area contributed by atoms with Crippen LogP contribution in [-0.2, 0) is 29.0 Å². The Kier molecular flexibility index (Phi) is 8.54. The SMILES string of the molecule is O=C(CNCc1ccc(Cl)cc1)N[C@H](Cc1c[nH]c2ccccc12)C(=O)NCCc1ccccc1. The van der Waals surface area contributed by atoms with Crippen molar-refractivity contribution in [2.75, 3.05) is 13.1 Å². The largest absolute Gasteiger partial charge is 0.361 e. The Labute approximate surface area is 210 Å². The highest BCUT2D eigenvalue weighted by atomic mass is 35.5. The van der Waals surface area contributed by atoms with E-state index in [2.05, 4.69) is 20.9 Å². The standard InChI is InChI=1S/C28H29ClN4O2/c29-23-12-10-21(11-13-23)17-30-19-27(34)33-26(16-22-18-32-25-9-5-4-8-24(22)25)28(35)31-15-14-20-6-2-1-3-7-20/h1-13,18,26,30,32H,14-17,19H2,(H,31,35)(H,33,34)/t26-/m1/s1. The number of hydrogen-bond donors (Lipinski definition) is 4. The highest BCUT2D eigenvalue weighted by molar-refractivity contribution is 6.30. The number of hydrogen-bond acceptors (Lipinski definition) is 3. The summed E-state index contributed by atoms with van der Waals surface area (Å²) in [7, 11) is 0. The van der Waals surface area contributed by atoms with E-state index in [0.29, 0.717) is 24.5 Å². The van der Waals surface area contributed by atoms with E-state index in [1.165, 1.54) is 0 Å². The molecular weight excluding hydrogens is 460 g/mol. The molecule has 4 rings (SSSR count). The molecular formula is C28H29ClN4O2. The van der Waals surface area contributed by atoms with E-state index in [4.69, 9.17) is 11.6 Å². The zero-order chi connectivity index (χ0) is 24.5. The molecule has 2 amide bonds. The van der Waals surface area contributed by atoms with Gasteiger partial charge in [-0.1, -0.05) is 72.3 Å². The van der Waals surface area contributed by atoms with Crippen LogP contribution in [0.5, 0.6) is 0 Å². The molecule has 1 heterocycles. The monoisotopic (exact) mass is 488 g/mol. The summed E-state index contributed by atoms with van der Waals surface area (Å²) >= 11 is 5.92. The van der Waals surface area contributed by atoms with Crippen molar-refractivity contribution in [3.05, 3.63) is 107 Å². The number of benzene rings is 3. The number of halogens is 1. The van der Waals surface area contributed by atoms with Gasteiger partial charge < -0.3 is 20.9 Å². The number of carbonyl (C=O) groups excluding carboxylic acids is 2. The van der Waals surface area contributed by atoms with Crippen LogP contribution in [-0.4, -0.2) is 35.9 Å². The van der Waals surface area contributed by atoms with Crippen molar-refractivity contribution in [2.45, 2.75) is 25.4 Å². The molecule has 6 nitrogen and oxygen atoms in total. The number of fused-ring (bicyclic) bond motifs is 1. The van der Waals surface area contributed by atoms with Crippen molar-refractivity contribution in [3.63, 3.8) is 0 Å². The fourth-order valence-electron chi connectivity index (χ4n) is 4.00. The van der Waals surface area contributed by atoms with E-state index in [1.54, 1.807) is 0 Å². The number of aromatic nitrogens is 1. The van der Waals surface area contributed by atoms with Crippen LogP contribution in [0, 0.1) is 0 Å². The maximum absolute atomic E-state index is 13.1. The molecule has 0 bridgehead atoms. The third kappa shape index (κ3) is 7.18. The molecule has 0 saturated heterocycles. The first-order valence-corrected chi connectivity index (χ1v) is 12.1. The number of H-pyrrole nitrogens is 1. The fourth-order valence-corrected chi connectivity index (χ4v) is 4.12. The molecule has 0 radical (unpaired) electrons. The van der Waals surface area contributed by atoms with Gasteiger partial charge in [-0.2, -0.15) is 0 Å². The molecule has 0 unspecified atom stereocenters. The Hall–Kier alpha value is -3.61. The van der Waals surface area contributed by atoms with Crippen LogP contribution < -0.4 is 16.0 Å². The normalized spacial score (nSPS) is 11.8. The zero-order valence-electron chi connectivity index (χ0n) is 19.4. The smallest absolute Gasteiger partial charge is 0.242 e. The quantitative estimate of drug-likeness (QED) is 0.257. The van der Waals surface area contributed by atoms with Gasteiger partial charge in [0.25, 0.3) is 0 Å². The maximum atomic E-state index is 13.1. The maximum Gasteiger partial charge on any atom is 0.242 e. The summed E-state index contributed by atoms with van der Waals surface area (Å²) in [6.07, 6.45) is 3.02. The van der Waals surface area contributed by atoms with Crippen molar-refractivity contribution in [1.29, 1.82) is 0 Å². The summed E-state index contributed by atoms with van der Waals surface area (Å²) in [5, 5.41) is 10.7. The second-order valence-electron chi connectivity index (χ2n) is 8.44. The van der Waals surface area contributed by atoms with E-state index >= 15 is 0 Å². The van der Waals surface area contributed by atoms with E-state index in [9.17, 15) is 9.59 Å². The van der Waals surface area contributed by atoms with E-state index in [0.717, 1.165) is 34.0 Å². The van der Waals surface area contributed by atoms with Crippen LogP contribution in [0.25, 0.3) is 10.9 Å². The first kappa shape index (κ1) is 24.5. The second kappa shape index (κ2) is 12.2. The number of aromatic amines is 1. The van der Waals surface area contributed by atoms with Crippen LogP contribution in [0.1, 0.15) is 16.7 Å². The topological polar surface area (TPSA) is 86.0 Å². The molecule has 4 aromatic rings. The van der Waals surface area contributed by atoms with Crippen LogP contribution in [0.2, 0.25) is 5.02 Å². The van der Waals surface area contributed by atoms with Gasteiger partial charge >= 0.3 is 0 Å². The van der Waals surface area contributed by atoms with Crippen molar-refractivity contribution < 1.29 is 9.59 Å². The molecule has 0 aliphatic heterocycles. The number of para-hydroxylation sites is 1. The molecule has 0 spiro atoms. The summed E-state index contributed by atoms with van der Waals surface area (Å²) in [4.78, 5) is 29.0. The Morgan fingerprint density at radius 3 is 2.43 bits per heavy atom. The van der Waals surface area contributed by atoms with Gasteiger partial charge in [-0.05, 0) is 41.3 Å². The molecule has 180 valence electrons. The summed E-state index contributed by atoms with van der Waals surface area (Å²) in [5.74, 6) is -0.431. The lowest BCUT2D eigenvalue weighted by Gasteiger charge is -2.19. The van der Waals surface area contributed by atoms with Gasteiger partial charge in [0.05, 0.1) is 6.54 Å². The molecule has 0 saturated carbocycles. The fraction of sp³-hybridized carbons (Fsp3) is 0.214. The molecule has 4 N–H and O–H groups in total. The predicted molar refractivity (Wildman–Crippen MR) is 140 cm³/mol. The highest BCUT2D eigenvalue weighted by Crippen LogP contribution is 2.19. The molecule has 35 heavy (non-hydrogen) atoms. The Morgan fingerprint density at radius 1 is 0.886 bits per heavy atom. The number of nitrogens with one attached hydrogen (secondary N) is 4. The molecule has 0 aliphatic carbocycles. The third-order valence-electron chi connectivity index (χ3n) is 5.83. The Bertz CT molecular complexity index is 1250. The zero-order valence-corrected chi connectivity index (χ0v) is 20.1. The summed E-state index contributed by atoms with van der Waals surface area (Å²) in [5.41, 5.74) is 4.16. The Morgan fingerprint density at radius 2 is 1.63 bits per heavy atom. The predicted octanol–water partition coefficient (Wildman–Crippen LogP) is 4.00. The lowest BCUT2D eigenvalue weighted by molar-refractivity contribution is -0.128. The first-order chi connectivity index (χ1) is 17.1. The van der Waals surface area contributed by atoms with Crippen LogP contribution in [0.3, 0.4) is 0 Å². The molecule has 0 fully saturated rings. The van der Waals surface area contributed by atoms with Crippen molar-refractivity contribution in [1.82, 2.24) is 20.9 Å². The van der Waals surface area contributed by atoms with Crippen LogP contribution >= 0.6 is 11.6 Å². The van der Waals surface area contributed by atoms with Gasteiger partial charge in [0.2, 0.25) is 11.8 Å². The number of carbonyl (C=O) groups is 2. The van der Waals surface area contributed by atoms with Crippen molar-refractivity contribution >= 4 is 34.3 Å². The average Bonchev–Trinajstić information content (AvgIpc) is 3.28. The lowest BCUT2D eigenvalue weighted by Crippen LogP contribution is -2.50. The summed E-state index contributed by atoms with van der Waals surface area (Å²) in [6.45, 7) is 1.13. The van der Waals surface area contributed by atoms with Gasteiger partial charge in [-0.15, -0.1) is 0 Å². The second-order valence-corrected chi connectivity index (χ2v) is 8.88. The Balaban J connectivity index is 1.37. The van der Waals surface area contributed by atoms with Gasteiger partial charge in [0, 0.05) is 41.6 Å². The van der Waals surface area contributed by atoms with E-state index in [-0.39, 0.29) is 18.4 Å². The number of rotatable bonds is 11. The molecule has 7 heteroatoms. The molecule has 0 aliphatic rings. The molecule has 1 atom stereocenters. The van der Waals surface area contributed by atoms with Gasteiger partial charge in [0.1, 0.15) is 6.04 Å². The summed E-state index contributed by atoms with van der Waals surface area (Å²) in [6, 6.07) is 24.7. The van der Waals surface area contributed by atoms with Crippen LogP contribution in [0.15, 0.2) is 85.1 Å². The summed E-state index contributed by atoms with van der Waals surface area (Å²) < 4.78 is 0. The first-order valence-electron chi connectivity index (χ1n) is 11.7. The van der Waals surface area contributed by atoms with E-state index in [1.807, 2.05) is 85.1 Å². The van der Waals surface area contributed by atoms with Crippen LogP contribution in [0.4, 0.5) is 0 Å². The molecule has 3 aromatic carbocycles. The third-order valence-corrected chi connectivity index (χ3v) is 6.09. The number of amides is 2. The van der Waals surface area contributed by atoms with E-state index < -0.39 is 6.04 Å². The minimum Gasteiger partial charge on any atom is -0.361 e. The van der Waals surface area contributed by atoms with Crippen molar-refractivity contribution in [2.24, 2.45) is 0 Å². The van der Waals surface area contributed by atoms with Gasteiger partial charge in [-0.3, -0.25) is 9.59 Å². The minimum atomic E-state index is -0.685. The van der Waals surface area contributed by atoms with Crippen molar-refractivity contribution in [3.8, 4) is 0 Å². The van der Waals surface area contributed by atoms with Gasteiger partial charge in [0.15, 0.2) is 0 Å². The lowest BCUT2D eigenvalue weighted by atomic mass is 10.0. The van der Waals surface area contributed by atoms with Gasteiger partial charge in [-0.25, -0.2) is 0 Å². The minimum absolute atomic E-state index is 0.101.